The fourth-order valence-electron chi connectivity index (χ4n) is 7.70. The maximum absolute atomic E-state index is 14.2. The molecular weight excluding hydrogens is 740 g/mol. The molecule has 0 radical (unpaired) electrons. The summed E-state index contributed by atoms with van der Waals surface area (Å²) in [7, 11) is -4.66. The van der Waals surface area contributed by atoms with Crippen molar-refractivity contribution in [1.29, 1.82) is 5.26 Å². The maximum atomic E-state index is 14.2. The first kappa shape index (κ1) is 46.0. The molecule has 4 rings (SSSR count). The molecule has 3 aliphatic rings. The molecule has 5 N–H and O–H groups in total. The summed E-state index contributed by atoms with van der Waals surface area (Å²) in [5.74, 6) is -0.375. The summed E-state index contributed by atoms with van der Waals surface area (Å²) in [5, 5.41) is 36.8. The zero-order valence-corrected chi connectivity index (χ0v) is 34.3. The number of hydrazone groups is 1. The van der Waals surface area contributed by atoms with Crippen LogP contribution in [0.15, 0.2) is 40.1 Å². The van der Waals surface area contributed by atoms with E-state index in [1.165, 1.54) is 102 Å². The van der Waals surface area contributed by atoms with E-state index in [2.05, 4.69) is 17.0 Å². The number of aliphatic hydroxyl groups excluding tert-OH is 2. The summed E-state index contributed by atoms with van der Waals surface area (Å²) in [6.07, 6.45) is 20.8. The van der Waals surface area contributed by atoms with Crippen LogP contribution in [0.25, 0.3) is 0 Å². The molecule has 15 heteroatoms. The van der Waals surface area contributed by atoms with Gasteiger partial charge in [-0.3, -0.25) is 14.1 Å². The van der Waals surface area contributed by atoms with Crippen LogP contribution >= 0.6 is 7.82 Å². The monoisotopic (exact) mass is 805 g/mol. The lowest BCUT2D eigenvalue weighted by atomic mass is 9.87. The lowest BCUT2D eigenvalue weighted by Gasteiger charge is -2.39. The Kier molecular flexibility index (Phi) is 19.4. The van der Waals surface area contributed by atoms with E-state index in [9.17, 15) is 24.1 Å². The molecule has 1 aromatic carbocycles. The van der Waals surface area contributed by atoms with E-state index < -0.39 is 56.3 Å². The van der Waals surface area contributed by atoms with Crippen molar-refractivity contribution in [1.82, 2.24) is 5.01 Å². The molecule has 314 valence electrons. The third kappa shape index (κ3) is 14.0. The summed E-state index contributed by atoms with van der Waals surface area (Å²) >= 11 is 0. The molecule has 1 fully saturated rings. The molecule has 0 aromatic heterocycles. The number of phosphoric acid groups is 1. The molecule has 0 saturated carbocycles. The minimum absolute atomic E-state index is 0.0150. The van der Waals surface area contributed by atoms with Gasteiger partial charge in [-0.15, -0.1) is 0 Å². The lowest BCUT2D eigenvalue weighted by molar-refractivity contribution is -0.117. The predicted molar refractivity (Wildman–Crippen MR) is 214 cm³/mol. The average molecular weight is 806 g/mol. The van der Waals surface area contributed by atoms with Crippen LogP contribution < -0.4 is 5.73 Å². The lowest BCUT2D eigenvalue weighted by Crippen LogP contribution is -2.55. The Labute approximate surface area is 332 Å². The molecule has 1 saturated heterocycles. The van der Waals surface area contributed by atoms with Gasteiger partial charge >= 0.3 is 7.82 Å². The number of hydrogen-bond acceptors (Lipinski definition) is 12. The highest BCUT2D eigenvalue weighted by Crippen LogP contribution is 2.46. The fourth-order valence-corrected chi connectivity index (χ4v) is 8.46. The summed E-state index contributed by atoms with van der Waals surface area (Å²) < 4.78 is 50.0. The van der Waals surface area contributed by atoms with Gasteiger partial charge in [0.05, 0.1) is 43.2 Å². The van der Waals surface area contributed by atoms with Crippen LogP contribution in [-0.2, 0) is 29.7 Å². The van der Waals surface area contributed by atoms with Crippen molar-refractivity contribution in [2.45, 2.75) is 179 Å². The molecule has 2 unspecified atom stereocenters. The van der Waals surface area contributed by atoms with Crippen molar-refractivity contribution in [3.63, 3.8) is 0 Å². The number of unbranched alkanes of at least 4 members (excludes halogenated alkanes) is 16. The SMILES string of the molecule is CCCCCCCCCCCCCCCCCCC[C@H](COP(=O)(O)OC[C@H]1O[C@@](C)(C2CC=C3C(N)=NC=NN32)[C@H](O)[C@@H]1O)OCc1ccc(C#N)c(F)c1. The quantitative estimate of drug-likeness (QED) is 0.0475. The van der Waals surface area contributed by atoms with Crippen LogP contribution in [0, 0.1) is 17.1 Å². The summed E-state index contributed by atoms with van der Waals surface area (Å²) in [6.45, 7) is 3.10. The molecule has 7 atom stereocenters. The fraction of sp³-hybridized carbons (Fsp3) is 0.732. The topological polar surface area (TPSA) is 192 Å². The van der Waals surface area contributed by atoms with E-state index in [1.54, 1.807) is 24.1 Å². The standard InChI is InChI=1S/C41H65FN5O8P/c1-3-4-5-6-7-8-9-10-11-12-13-14-15-16-17-18-19-20-33(52-27-31-21-22-32(26-43)34(42)25-31)28-53-56(50,51)54-29-36-38(48)39(49)41(2,55-36)37-24-23-35-40(44)45-30-46-47(35)37/h21-23,25,30,33,36-39,48-49H,3-20,24,27-29H2,1-2H3,(H,50,51)(H2,44,45,46)/t33-,36-,37?,38-,39-,41+/m1/s1. The maximum Gasteiger partial charge on any atom is 0.472 e. The molecule has 1 aromatic rings. The minimum atomic E-state index is -4.66. The second-order valence-electron chi connectivity index (χ2n) is 15.6. The number of hydrogen-bond donors (Lipinski definition) is 4. The Balaban J connectivity index is 1.17. The highest BCUT2D eigenvalue weighted by Gasteiger charge is 2.58. The Hall–Kier alpha value is -2.73. The first-order valence-corrected chi connectivity index (χ1v) is 22.3. The second kappa shape index (κ2) is 23.6. The number of nitrogens with zero attached hydrogens (tertiary/aromatic N) is 4. The van der Waals surface area contributed by atoms with E-state index in [1.807, 2.05) is 6.08 Å². The number of nitrogens with two attached hydrogens (primary N) is 1. The average Bonchev–Trinajstić information content (AvgIpc) is 3.72. The molecule has 13 nitrogen and oxygen atoms in total. The van der Waals surface area contributed by atoms with Gasteiger partial charge in [-0.1, -0.05) is 128 Å². The van der Waals surface area contributed by atoms with E-state index in [0.29, 0.717) is 24.1 Å². The molecule has 0 bridgehead atoms. The molecule has 3 aliphatic heterocycles. The van der Waals surface area contributed by atoms with Gasteiger partial charge in [0.1, 0.15) is 42.1 Å². The normalized spacial score (nSPS) is 24.8. The third-order valence-corrected chi connectivity index (χ3v) is 12.1. The number of nitriles is 1. The molecule has 0 aliphatic carbocycles. The number of amidine groups is 1. The molecular formula is C41H65FN5O8P. The van der Waals surface area contributed by atoms with Gasteiger partial charge in [-0.2, -0.15) is 10.4 Å². The van der Waals surface area contributed by atoms with Crippen LogP contribution in [0.1, 0.15) is 147 Å². The Morgan fingerprint density at radius 3 is 2.21 bits per heavy atom. The number of ether oxygens (including phenoxy) is 2. The molecule has 3 heterocycles. The van der Waals surface area contributed by atoms with Gasteiger partial charge in [0, 0.05) is 0 Å². The van der Waals surface area contributed by atoms with Gasteiger partial charge in [0.2, 0.25) is 0 Å². The van der Waals surface area contributed by atoms with Crippen molar-refractivity contribution in [2.75, 3.05) is 13.2 Å². The number of benzene rings is 1. The number of aliphatic imine (C=N–C) groups is 1. The number of phosphoric ester groups is 1. The summed E-state index contributed by atoms with van der Waals surface area (Å²) in [6, 6.07) is 5.51. The van der Waals surface area contributed by atoms with Gasteiger partial charge in [-0.05, 0) is 37.5 Å². The van der Waals surface area contributed by atoms with Crippen molar-refractivity contribution < 1.29 is 42.6 Å². The molecule has 0 amide bonds. The second-order valence-corrected chi connectivity index (χ2v) is 17.0. The minimum Gasteiger partial charge on any atom is -0.387 e. The first-order valence-electron chi connectivity index (χ1n) is 20.8. The van der Waals surface area contributed by atoms with E-state index in [4.69, 9.17) is 29.5 Å². The van der Waals surface area contributed by atoms with Crippen molar-refractivity contribution >= 4 is 20.0 Å². The van der Waals surface area contributed by atoms with Crippen LogP contribution in [0.2, 0.25) is 0 Å². The van der Waals surface area contributed by atoms with Gasteiger partial charge in [-0.25, -0.2) is 13.9 Å². The van der Waals surface area contributed by atoms with Gasteiger partial charge in [0.25, 0.3) is 0 Å². The van der Waals surface area contributed by atoms with E-state index >= 15 is 0 Å². The summed E-state index contributed by atoms with van der Waals surface area (Å²) in [5.41, 5.74) is 5.68. The van der Waals surface area contributed by atoms with Crippen LogP contribution in [-0.4, -0.2) is 81.6 Å². The predicted octanol–water partition coefficient (Wildman–Crippen LogP) is 7.91. The number of aliphatic hydroxyl groups is 2. The Morgan fingerprint density at radius 1 is 1.02 bits per heavy atom. The van der Waals surface area contributed by atoms with Crippen LogP contribution in [0.5, 0.6) is 0 Å². The summed E-state index contributed by atoms with van der Waals surface area (Å²) in [4.78, 5) is 14.6. The number of halogens is 1. The van der Waals surface area contributed by atoms with Crippen LogP contribution in [0.4, 0.5) is 4.39 Å². The Morgan fingerprint density at radius 2 is 1.62 bits per heavy atom. The highest BCUT2D eigenvalue weighted by molar-refractivity contribution is 7.47. The van der Waals surface area contributed by atoms with E-state index in [-0.39, 0.29) is 24.6 Å². The zero-order chi connectivity index (χ0) is 40.4. The molecule has 0 spiro atoms. The van der Waals surface area contributed by atoms with Crippen molar-refractivity contribution in [2.24, 2.45) is 15.8 Å². The van der Waals surface area contributed by atoms with Crippen molar-refractivity contribution in [3.05, 3.63) is 46.9 Å². The van der Waals surface area contributed by atoms with Gasteiger partial charge in [0.15, 0.2) is 5.84 Å². The number of fused-ring (bicyclic) bond motifs is 1. The van der Waals surface area contributed by atoms with Crippen LogP contribution in [0.3, 0.4) is 0 Å². The third-order valence-electron chi connectivity index (χ3n) is 11.2. The Bertz CT molecular complexity index is 1540. The van der Waals surface area contributed by atoms with Gasteiger partial charge < -0.3 is 30.3 Å². The largest absolute Gasteiger partial charge is 0.472 e. The van der Waals surface area contributed by atoms with Crippen molar-refractivity contribution in [3.8, 4) is 6.07 Å². The smallest absolute Gasteiger partial charge is 0.387 e. The van der Waals surface area contributed by atoms with E-state index in [0.717, 1.165) is 25.7 Å². The molecule has 56 heavy (non-hydrogen) atoms. The highest BCUT2D eigenvalue weighted by atomic mass is 31.2. The number of rotatable bonds is 28. The first-order chi connectivity index (χ1) is 27.0. The zero-order valence-electron chi connectivity index (χ0n) is 33.4.